The van der Waals surface area contributed by atoms with Crippen LogP contribution in [0.1, 0.15) is 24.8 Å². The lowest BCUT2D eigenvalue weighted by molar-refractivity contribution is -0.138. The zero-order valence-corrected chi connectivity index (χ0v) is 14.7. The molecule has 3 nitrogen and oxygen atoms in total. The summed E-state index contributed by atoms with van der Waals surface area (Å²) in [5.74, 6) is 1.69. The fourth-order valence-electron chi connectivity index (χ4n) is 4.17. The summed E-state index contributed by atoms with van der Waals surface area (Å²) in [6, 6.07) is 1.05. The lowest BCUT2D eigenvalue weighted by Gasteiger charge is -2.41. The molecule has 0 saturated carbocycles. The van der Waals surface area contributed by atoms with Gasteiger partial charge in [0.25, 0.3) is 0 Å². The fraction of sp³-hybridized carbons (Fsp3) is 0.706. The molecule has 0 atom stereocenters. The van der Waals surface area contributed by atoms with Gasteiger partial charge in [0.2, 0.25) is 0 Å². The number of aromatic nitrogens is 1. The number of anilines is 1. The molecule has 3 aliphatic heterocycles. The molecule has 3 aliphatic rings. The van der Waals surface area contributed by atoms with E-state index in [1.54, 1.807) is 4.90 Å². The number of thioether (sulfide) groups is 1. The second kappa shape index (κ2) is 6.30. The van der Waals surface area contributed by atoms with Gasteiger partial charge in [0.05, 0.1) is 5.56 Å². The Balaban J connectivity index is 1.37. The van der Waals surface area contributed by atoms with Crippen LogP contribution in [-0.4, -0.2) is 53.6 Å². The molecule has 4 heterocycles. The fourth-order valence-corrected chi connectivity index (χ4v) is 5.42. The molecule has 1 aromatic rings. The molecule has 8 heteroatoms. The number of nitrogens with zero attached hydrogens (tertiary/aromatic N) is 3. The zero-order valence-electron chi connectivity index (χ0n) is 13.9. The van der Waals surface area contributed by atoms with Gasteiger partial charge in [0.1, 0.15) is 0 Å². The molecule has 3 saturated heterocycles. The molecule has 0 N–H and O–H groups in total. The molecule has 0 amide bonds. The summed E-state index contributed by atoms with van der Waals surface area (Å²) in [6.45, 7) is 3.58. The number of hydrogen-bond donors (Lipinski definition) is 0. The first-order valence-electron chi connectivity index (χ1n) is 8.66. The highest BCUT2D eigenvalue weighted by atomic mass is 32.2. The van der Waals surface area contributed by atoms with Crippen LogP contribution < -0.4 is 4.90 Å². The van der Waals surface area contributed by atoms with Gasteiger partial charge in [-0.05, 0) is 31.9 Å². The van der Waals surface area contributed by atoms with E-state index in [0.29, 0.717) is 30.6 Å². The van der Waals surface area contributed by atoms with E-state index >= 15 is 0 Å². The SMILES string of the molecule is Fc1cc(C(F)(F)F)cnc1N1CCC(N2CCC3(CSC3)C2)CC1. The van der Waals surface area contributed by atoms with Crippen LogP contribution in [0.5, 0.6) is 0 Å². The summed E-state index contributed by atoms with van der Waals surface area (Å²) in [6.07, 6.45) is -0.750. The molecule has 0 bridgehead atoms. The average molecular weight is 375 g/mol. The Labute approximate surface area is 148 Å². The van der Waals surface area contributed by atoms with E-state index in [1.807, 2.05) is 11.8 Å². The van der Waals surface area contributed by atoms with Crippen molar-refractivity contribution in [3.05, 3.63) is 23.6 Å². The Morgan fingerprint density at radius 2 is 1.88 bits per heavy atom. The molecule has 4 rings (SSSR count). The van der Waals surface area contributed by atoms with E-state index in [9.17, 15) is 17.6 Å². The minimum Gasteiger partial charge on any atom is -0.354 e. The zero-order chi connectivity index (χ0) is 17.7. The molecule has 0 aliphatic carbocycles. The van der Waals surface area contributed by atoms with Gasteiger partial charge in [-0.15, -0.1) is 0 Å². The number of hydrogen-bond acceptors (Lipinski definition) is 4. The number of halogens is 4. The Morgan fingerprint density at radius 3 is 2.40 bits per heavy atom. The number of rotatable bonds is 2. The summed E-state index contributed by atoms with van der Waals surface area (Å²) in [5.41, 5.74) is -0.507. The average Bonchev–Trinajstić information content (AvgIpc) is 3.00. The molecule has 0 unspecified atom stereocenters. The monoisotopic (exact) mass is 375 g/mol. The predicted octanol–water partition coefficient (Wildman–Crippen LogP) is 3.65. The van der Waals surface area contributed by atoms with Gasteiger partial charge >= 0.3 is 6.18 Å². The Bertz CT molecular complexity index is 639. The molecule has 0 aromatic carbocycles. The smallest absolute Gasteiger partial charge is 0.354 e. The molecule has 138 valence electrons. The summed E-state index contributed by atoms with van der Waals surface area (Å²) < 4.78 is 52.0. The normalized spacial score (nSPS) is 24.7. The summed E-state index contributed by atoms with van der Waals surface area (Å²) in [5, 5.41) is 0. The number of alkyl halides is 3. The molecule has 3 fully saturated rings. The number of piperidine rings is 1. The van der Waals surface area contributed by atoms with Crippen LogP contribution in [0.25, 0.3) is 0 Å². The van der Waals surface area contributed by atoms with Gasteiger partial charge in [0, 0.05) is 48.8 Å². The molecule has 25 heavy (non-hydrogen) atoms. The summed E-state index contributed by atoms with van der Waals surface area (Å²) in [7, 11) is 0. The maximum absolute atomic E-state index is 14.1. The van der Waals surface area contributed by atoms with Crippen LogP contribution in [0.3, 0.4) is 0 Å². The van der Waals surface area contributed by atoms with Crippen molar-refractivity contribution in [3.8, 4) is 0 Å². The van der Waals surface area contributed by atoms with Crippen LogP contribution in [0, 0.1) is 11.2 Å². The maximum Gasteiger partial charge on any atom is 0.417 e. The van der Waals surface area contributed by atoms with Crippen LogP contribution >= 0.6 is 11.8 Å². The molecule has 1 spiro atoms. The number of pyridine rings is 1. The maximum atomic E-state index is 14.1. The Kier molecular flexibility index (Phi) is 4.38. The van der Waals surface area contributed by atoms with Crippen molar-refractivity contribution in [1.29, 1.82) is 0 Å². The first-order valence-corrected chi connectivity index (χ1v) is 9.81. The van der Waals surface area contributed by atoms with Crippen LogP contribution in [-0.2, 0) is 6.18 Å². The van der Waals surface area contributed by atoms with Crippen LogP contribution in [0.2, 0.25) is 0 Å². The second-order valence-electron chi connectivity index (χ2n) is 7.46. The van der Waals surface area contributed by atoms with Crippen molar-refractivity contribution in [2.45, 2.75) is 31.5 Å². The van der Waals surface area contributed by atoms with Crippen molar-refractivity contribution in [1.82, 2.24) is 9.88 Å². The lowest BCUT2D eigenvalue weighted by Crippen LogP contribution is -2.46. The van der Waals surface area contributed by atoms with E-state index in [-0.39, 0.29) is 5.82 Å². The van der Waals surface area contributed by atoms with Gasteiger partial charge in [-0.25, -0.2) is 9.37 Å². The van der Waals surface area contributed by atoms with Crippen molar-refractivity contribution < 1.29 is 17.6 Å². The van der Waals surface area contributed by atoms with E-state index in [1.165, 1.54) is 17.9 Å². The van der Waals surface area contributed by atoms with Crippen LogP contribution in [0.4, 0.5) is 23.4 Å². The first-order chi connectivity index (χ1) is 11.9. The second-order valence-corrected chi connectivity index (χ2v) is 8.44. The third-order valence-corrected chi connectivity index (χ3v) is 7.35. The highest BCUT2D eigenvalue weighted by Crippen LogP contribution is 2.46. The van der Waals surface area contributed by atoms with E-state index in [2.05, 4.69) is 9.88 Å². The van der Waals surface area contributed by atoms with Gasteiger partial charge in [-0.2, -0.15) is 24.9 Å². The first kappa shape index (κ1) is 17.4. The number of likely N-dealkylation sites (tertiary alicyclic amines) is 1. The summed E-state index contributed by atoms with van der Waals surface area (Å²) >= 11 is 2.02. The molecule has 0 radical (unpaired) electrons. The van der Waals surface area contributed by atoms with Gasteiger partial charge in [-0.3, -0.25) is 4.90 Å². The largest absolute Gasteiger partial charge is 0.417 e. The third kappa shape index (κ3) is 3.35. The van der Waals surface area contributed by atoms with Gasteiger partial charge in [-0.1, -0.05) is 0 Å². The molecule has 1 aromatic heterocycles. The predicted molar refractivity (Wildman–Crippen MR) is 90.4 cm³/mol. The minimum atomic E-state index is -4.56. The summed E-state index contributed by atoms with van der Waals surface area (Å²) in [4.78, 5) is 8.09. The van der Waals surface area contributed by atoms with E-state index in [4.69, 9.17) is 0 Å². The highest BCUT2D eigenvalue weighted by Gasteiger charge is 2.45. The molecular formula is C17H21F4N3S. The minimum absolute atomic E-state index is 0.0414. The van der Waals surface area contributed by atoms with E-state index < -0.39 is 17.6 Å². The third-order valence-electron chi connectivity index (χ3n) is 5.71. The van der Waals surface area contributed by atoms with Crippen molar-refractivity contribution >= 4 is 17.6 Å². The Morgan fingerprint density at radius 1 is 1.16 bits per heavy atom. The van der Waals surface area contributed by atoms with Crippen molar-refractivity contribution in [2.75, 3.05) is 42.6 Å². The standard InChI is InChI=1S/C17H21F4N3S/c18-14-7-12(17(19,20)21)8-22-15(14)23-4-1-13(2-5-23)24-6-3-16(9-24)10-25-11-16/h7-8,13H,1-6,9-11H2. The van der Waals surface area contributed by atoms with E-state index in [0.717, 1.165) is 32.1 Å². The quantitative estimate of drug-likeness (QED) is 0.735. The van der Waals surface area contributed by atoms with Crippen LogP contribution in [0.15, 0.2) is 12.3 Å². The van der Waals surface area contributed by atoms with Crippen molar-refractivity contribution in [3.63, 3.8) is 0 Å². The highest BCUT2D eigenvalue weighted by molar-refractivity contribution is 8.00. The van der Waals surface area contributed by atoms with Gasteiger partial charge in [0.15, 0.2) is 11.6 Å². The topological polar surface area (TPSA) is 19.4 Å². The van der Waals surface area contributed by atoms with Gasteiger partial charge < -0.3 is 4.90 Å². The Hall–Kier alpha value is -1.02. The lowest BCUT2D eigenvalue weighted by atomic mass is 9.91. The molecular weight excluding hydrogens is 354 g/mol. The van der Waals surface area contributed by atoms with Crippen molar-refractivity contribution in [2.24, 2.45) is 5.41 Å².